The number of nitrogens with zero attached hydrogens (tertiary/aromatic N) is 6. The first kappa shape index (κ1) is 22.0. The Bertz CT molecular complexity index is 1020. The van der Waals surface area contributed by atoms with Crippen molar-refractivity contribution in [1.29, 1.82) is 0 Å². The molecule has 4 amide bonds. The smallest absolute Gasteiger partial charge is 1.00 e. The molecule has 0 aromatic carbocycles. The predicted octanol–water partition coefficient (Wildman–Crippen LogP) is -4.77. The van der Waals surface area contributed by atoms with Gasteiger partial charge in [0.25, 0.3) is 5.91 Å². The molecule has 3 N–H and O–H groups in total. The topological polar surface area (TPSA) is 163 Å². The van der Waals surface area contributed by atoms with E-state index in [1.807, 2.05) is 0 Å². The van der Waals surface area contributed by atoms with E-state index < -0.39 is 30.0 Å². The summed E-state index contributed by atoms with van der Waals surface area (Å²) in [6, 6.07) is -2.19. The Hall–Kier alpha value is -2.16. The van der Waals surface area contributed by atoms with Crippen LogP contribution in [-0.4, -0.2) is 90.1 Å². The van der Waals surface area contributed by atoms with Crippen molar-refractivity contribution >= 4 is 35.6 Å². The van der Waals surface area contributed by atoms with Crippen LogP contribution in [-0.2, 0) is 21.4 Å². The molecule has 31 heavy (non-hydrogen) atoms. The van der Waals surface area contributed by atoms with E-state index in [4.69, 9.17) is 0 Å². The fourth-order valence-corrected chi connectivity index (χ4v) is 5.62. The van der Waals surface area contributed by atoms with Crippen molar-refractivity contribution in [2.45, 2.75) is 36.1 Å². The first-order valence-corrected chi connectivity index (χ1v) is 10.2. The minimum Gasteiger partial charge on any atom is -1.00 e. The molecule has 4 aliphatic heterocycles. The van der Waals surface area contributed by atoms with Gasteiger partial charge in [-0.1, -0.05) is 11.8 Å². The summed E-state index contributed by atoms with van der Waals surface area (Å²) in [5.74, 6) is -1.99. The van der Waals surface area contributed by atoms with E-state index in [0.29, 0.717) is 36.0 Å². The number of aliphatic carboxylic acids is 1. The van der Waals surface area contributed by atoms with Gasteiger partial charge in [-0.3, -0.25) is 14.5 Å². The number of aromatic nitrogens is 4. The molecule has 0 unspecified atom stereocenters. The largest absolute Gasteiger partial charge is 1.00 e. The maximum Gasteiger partial charge on any atom is 1.00 e. The number of allylic oxidation sites excluding steroid dienone is 1. The monoisotopic (exact) mass is 458 g/mol. The predicted molar refractivity (Wildman–Crippen MR) is 99.6 cm³/mol. The maximum absolute atomic E-state index is 12.9. The van der Waals surface area contributed by atoms with Crippen LogP contribution >= 0.6 is 11.8 Å². The van der Waals surface area contributed by atoms with Crippen LogP contribution in [0.15, 0.2) is 15.8 Å². The second-order valence-electron chi connectivity index (χ2n) is 7.61. The van der Waals surface area contributed by atoms with Gasteiger partial charge in [0.05, 0.1) is 6.04 Å². The first-order valence-electron chi connectivity index (χ1n) is 9.41. The standard InChI is InChI=1S/C16H18N8O5S.Na.H/c1-22-16(19-20-21-22)30-8-4-6-5-23(15(29)18-7-2-3-17-12(7)25)11-9(6)24(13(11)26)10(8)14(27)28;;/h6-7,9,11H,2-5H2,1H3,(H,17,25)(H,18,29)(H,27,28);;/q;+1;-1/t6-,7+,9-,11+;;/m1../s1. The normalized spacial score (nSPS) is 28.7. The summed E-state index contributed by atoms with van der Waals surface area (Å²) in [6.45, 7) is 0.792. The van der Waals surface area contributed by atoms with E-state index in [-0.39, 0.29) is 54.5 Å². The Morgan fingerprint density at radius 1 is 1.35 bits per heavy atom. The SMILES string of the molecule is Cn1nnnc1SC1=C(C(=O)O)N2C(=O)[C@@H]3[C@H]2[C@H](C1)CN3C(=O)N[C@H]1CCNC1=O.[H-].[Na+]. The Kier molecular flexibility index (Phi) is 5.74. The van der Waals surface area contributed by atoms with Crippen LogP contribution < -0.4 is 40.2 Å². The number of β-lactam (4-membered cyclic amide) rings is 1. The summed E-state index contributed by atoms with van der Waals surface area (Å²) >= 11 is 1.11. The number of thioether (sulfide) groups is 1. The number of hydrogen-bond acceptors (Lipinski definition) is 8. The van der Waals surface area contributed by atoms with Gasteiger partial charge in [0, 0.05) is 31.0 Å². The van der Waals surface area contributed by atoms with Gasteiger partial charge in [-0.25, -0.2) is 14.3 Å². The van der Waals surface area contributed by atoms with Crippen molar-refractivity contribution in [3.05, 3.63) is 10.6 Å². The van der Waals surface area contributed by atoms with E-state index in [2.05, 4.69) is 26.2 Å². The van der Waals surface area contributed by atoms with Gasteiger partial charge in [0.1, 0.15) is 17.8 Å². The van der Waals surface area contributed by atoms with Gasteiger partial charge < -0.3 is 22.1 Å². The number of amides is 4. The second kappa shape index (κ2) is 8.07. The minimum atomic E-state index is -1.21. The Morgan fingerprint density at radius 2 is 2.13 bits per heavy atom. The molecule has 1 aromatic heterocycles. The summed E-state index contributed by atoms with van der Waals surface area (Å²) in [7, 11) is 1.64. The number of likely N-dealkylation sites (tertiary alicyclic amines) is 1. The molecule has 160 valence electrons. The number of rotatable bonds is 4. The molecule has 13 nitrogen and oxygen atoms in total. The maximum atomic E-state index is 12.9. The van der Waals surface area contributed by atoms with Crippen LogP contribution in [0, 0.1) is 5.92 Å². The van der Waals surface area contributed by atoms with Crippen LogP contribution in [0.4, 0.5) is 4.79 Å². The number of carboxylic acids is 1. The van der Waals surface area contributed by atoms with Crippen molar-refractivity contribution < 1.29 is 55.3 Å². The van der Waals surface area contributed by atoms with Crippen molar-refractivity contribution in [3.63, 3.8) is 0 Å². The molecule has 5 rings (SSSR count). The molecule has 5 heterocycles. The number of carboxylic acid groups (broad SMARTS) is 1. The van der Waals surface area contributed by atoms with Crippen molar-refractivity contribution in [2.75, 3.05) is 13.1 Å². The Balaban J connectivity index is 0.00000144. The van der Waals surface area contributed by atoms with Gasteiger partial charge in [-0.05, 0) is 23.3 Å². The molecule has 0 bridgehead atoms. The van der Waals surface area contributed by atoms with E-state index in [0.717, 1.165) is 11.8 Å². The average molecular weight is 458 g/mol. The van der Waals surface area contributed by atoms with E-state index in [1.54, 1.807) is 7.05 Å². The third-order valence-corrected chi connectivity index (χ3v) is 7.06. The molecule has 3 saturated heterocycles. The number of urea groups is 1. The quantitative estimate of drug-likeness (QED) is 0.297. The summed E-state index contributed by atoms with van der Waals surface area (Å²) in [4.78, 5) is 52.6. The molecule has 1 aromatic rings. The molecule has 3 fully saturated rings. The van der Waals surface area contributed by atoms with Crippen molar-refractivity contribution in [1.82, 2.24) is 40.6 Å². The second-order valence-corrected chi connectivity index (χ2v) is 8.67. The minimum absolute atomic E-state index is 0. The molecule has 0 aliphatic carbocycles. The Labute approximate surface area is 203 Å². The van der Waals surface area contributed by atoms with Gasteiger partial charge in [-0.2, -0.15) is 0 Å². The fraction of sp³-hybridized carbons (Fsp3) is 0.562. The van der Waals surface area contributed by atoms with Crippen LogP contribution in [0.3, 0.4) is 0 Å². The van der Waals surface area contributed by atoms with Crippen molar-refractivity contribution in [3.8, 4) is 0 Å². The zero-order valence-corrected chi connectivity index (χ0v) is 19.6. The van der Waals surface area contributed by atoms with E-state index >= 15 is 0 Å². The third-order valence-electron chi connectivity index (χ3n) is 5.92. The molecular formula is C16H19N8NaO5S. The van der Waals surface area contributed by atoms with Crippen LogP contribution in [0.1, 0.15) is 14.3 Å². The number of nitrogens with one attached hydrogen (secondary N) is 2. The molecule has 4 atom stereocenters. The molecule has 4 aliphatic rings. The van der Waals surface area contributed by atoms with Crippen LogP contribution in [0.25, 0.3) is 0 Å². The number of hydrogen-bond donors (Lipinski definition) is 3. The van der Waals surface area contributed by atoms with Crippen LogP contribution in [0.5, 0.6) is 0 Å². The average Bonchev–Trinajstić information content (AvgIpc) is 3.39. The summed E-state index contributed by atoms with van der Waals surface area (Å²) in [5, 5.41) is 26.7. The number of carbonyl (C=O) groups excluding carboxylic acids is 3. The third kappa shape index (κ3) is 3.41. The van der Waals surface area contributed by atoms with Crippen molar-refractivity contribution in [2.24, 2.45) is 13.0 Å². The number of aryl methyl sites for hydroxylation is 1. The number of carbonyl (C=O) groups is 4. The van der Waals surface area contributed by atoms with E-state index in [1.165, 1.54) is 14.5 Å². The van der Waals surface area contributed by atoms with Gasteiger partial charge in [-0.15, -0.1) is 5.10 Å². The first-order chi connectivity index (χ1) is 14.4. The summed E-state index contributed by atoms with van der Waals surface area (Å²) < 4.78 is 1.42. The molecular weight excluding hydrogens is 439 g/mol. The molecule has 15 heteroatoms. The fourth-order valence-electron chi connectivity index (χ4n) is 4.57. The zero-order chi connectivity index (χ0) is 21.2. The molecule has 0 radical (unpaired) electrons. The van der Waals surface area contributed by atoms with Gasteiger partial charge in [0.15, 0.2) is 0 Å². The van der Waals surface area contributed by atoms with Gasteiger partial charge in [0.2, 0.25) is 11.1 Å². The van der Waals surface area contributed by atoms with Crippen LogP contribution in [0.2, 0.25) is 0 Å². The van der Waals surface area contributed by atoms with E-state index in [9.17, 15) is 24.3 Å². The van der Waals surface area contributed by atoms with Gasteiger partial charge >= 0.3 is 41.6 Å². The zero-order valence-electron chi connectivity index (χ0n) is 17.8. The number of tetrazole rings is 1. The Morgan fingerprint density at radius 3 is 2.74 bits per heavy atom. The summed E-state index contributed by atoms with van der Waals surface area (Å²) in [6.07, 6.45) is 0.880. The molecule has 0 spiro atoms. The molecule has 0 saturated carbocycles. The summed E-state index contributed by atoms with van der Waals surface area (Å²) in [5.41, 5.74) is -0.0806.